The lowest BCUT2D eigenvalue weighted by molar-refractivity contribution is 0.122. The Hall–Kier alpha value is -2.97. The number of hydrogen-bond acceptors (Lipinski definition) is 5. The smallest absolute Gasteiger partial charge is 0.232 e. The van der Waals surface area contributed by atoms with E-state index in [1.54, 1.807) is 42.5 Å². The Balaban J connectivity index is 1.76. The number of hydrogen-bond donors (Lipinski definition) is 0. The van der Waals surface area contributed by atoms with Crippen LogP contribution >= 0.6 is 34.8 Å². The summed E-state index contributed by atoms with van der Waals surface area (Å²) < 4.78 is 39.1. The van der Waals surface area contributed by atoms with Crippen LogP contribution in [0.2, 0.25) is 15.1 Å². The van der Waals surface area contributed by atoms with E-state index in [0.29, 0.717) is 69.7 Å². The Labute approximate surface area is 221 Å². The highest BCUT2D eigenvalue weighted by molar-refractivity contribution is 6.36. The molecule has 5 nitrogen and oxygen atoms in total. The van der Waals surface area contributed by atoms with Crippen LogP contribution in [0.3, 0.4) is 0 Å². The van der Waals surface area contributed by atoms with Gasteiger partial charge in [0.1, 0.15) is 5.75 Å². The number of nitrogens with zero attached hydrogens (tertiary/aromatic N) is 3. The van der Waals surface area contributed by atoms with Crippen molar-refractivity contribution in [1.29, 1.82) is 0 Å². The lowest BCUT2D eigenvalue weighted by Gasteiger charge is -2.28. The first-order valence-corrected chi connectivity index (χ1v) is 12.1. The first kappa shape index (κ1) is 24.7. The third kappa shape index (κ3) is 5.25. The molecule has 5 rings (SSSR count). The molecule has 1 aliphatic rings. The summed E-state index contributed by atoms with van der Waals surface area (Å²) in [7, 11) is 0. The van der Waals surface area contributed by atoms with Gasteiger partial charge in [-0.25, -0.2) is 13.8 Å². The third-order valence-electron chi connectivity index (χ3n) is 5.58. The van der Waals surface area contributed by atoms with E-state index < -0.39 is 11.6 Å². The summed E-state index contributed by atoms with van der Waals surface area (Å²) in [6, 6.07) is 15.4. The van der Waals surface area contributed by atoms with Gasteiger partial charge in [-0.2, -0.15) is 4.98 Å². The summed E-state index contributed by atoms with van der Waals surface area (Å²) >= 11 is 18.9. The minimum absolute atomic E-state index is 0.0731. The molecule has 1 saturated heterocycles. The normalized spacial score (nSPS) is 13.6. The molecule has 1 fully saturated rings. The summed E-state index contributed by atoms with van der Waals surface area (Å²) in [6.07, 6.45) is 0. The summed E-state index contributed by atoms with van der Waals surface area (Å²) in [6.45, 7) is 2.16. The predicted molar refractivity (Wildman–Crippen MR) is 137 cm³/mol. The molecule has 10 heteroatoms. The molecule has 184 valence electrons. The van der Waals surface area contributed by atoms with E-state index in [2.05, 4.69) is 0 Å². The molecule has 3 aromatic carbocycles. The summed E-state index contributed by atoms with van der Waals surface area (Å²) in [5.41, 5.74) is 2.26. The maximum Gasteiger partial charge on any atom is 0.232 e. The summed E-state index contributed by atoms with van der Waals surface area (Å²) in [4.78, 5) is 11.5. The van der Waals surface area contributed by atoms with Crippen molar-refractivity contribution in [3.05, 3.63) is 87.4 Å². The van der Waals surface area contributed by atoms with Crippen LogP contribution in [0.5, 0.6) is 11.6 Å². The van der Waals surface area contributed by atoms with Crippen LogP contribution in [0.25, 0.3) is 22.4 Å². The van der Waals surface area contributed by atoms with E-state index in [4.69, 9.17) is 54.2 Å². The standard InChI is InChI=1S/C26H18Cl3F2N3O2/c27-16-3-1-15(2-4-16)23-24(19-7-5-17(28)13-20(19)29)32-26(34-9-11-35-12-10-34)33-25(23)36-18-6-8-21(30)22(31)14-18/h1-8,13-14H,9-12H2. The molecule has 0 saturated carbocycles. The molecular weight excluding hydrogens is 531 g/mol. The molecule has 0 radical (unpaired) electrons. The van der Waals surface area contributed by atoms with Crippen LogP contribution in [0, 0.1) is 11.6 Å². The van der Waals surface area contributed by atoms with Gasteiger partial charge in [-0.15, -0.1) is 0 Å². The average Bonchev–Trinajstić information content (AvgIpc) is 2.87. The molecule has 0 aliphatic carbocycles. The van der Waals surface area contributed by atoms with Gasteiger partial charge in [0.05, 0.1) is 29.5 Å². The molecule has 2 heterocycles. The fraction of sp³-hybridized carbons (Fsp3) is 0.154. The lowest BCUT2D eigenvalue weighted by Crippen LogP contribution is -2.37. The maximum absolute atomic E-state index is 14.0. The van der Waals surface area contributed by atoms with E-state index in [9.17, 15) is 8.78 Å². The molecule has 0 amide bonds. The van der Waals surface area contributed by atoms with Gasteiger partial charge in [-0.05, 0) is 48.0 Å². The van der Waals surface area contributed by atoms with Gasteiger partial charge < -0.3 is 14.4 Å². The zero-order chi connectivity index (χ0) is 25.2. The van der Waals surface area contributed by atoms with E-state index in [1.165, 1.54) is 6.07 Å². The van der Waals surface area contributed by atoms with Crippen LogP contribution in [-0.4, -0.2) is 36.3 Å². The molecular formula is C26H18Cl3F2N3O2. The van der Waals surface area contributed by atoms with Crippen molar-refractivity contribution in [1.82, 2.24) is 9.97 Å². The van der Waals surface area contributed by atoms with Crippen molar-refractivity contribution < 1.29 is 18.3 Å². The van der Waals surface area contributed by atoms with Gasteiger partial charge in [0.15, 0.2) is 11.6 Å². The Morgan fingerprint density at radius 1 is 0.806 bits per heavy atom. The van der Waals surface area contributed by atoms with Gasteiger partial charge >= 0.3 is 0 Å². The molecule has 0 atom stereocenters. The van der Waals surface area contributed by atoms with Crippen LogP contribution in [0.4, 0.5) is 14.7 Å². The fourth-order valence-corrected chi connectivity index (χ4v) is 4.44. The van der Waals surface area contributed by atoms with Crippen molar-refractivity contribution in [2.24, 2.45) is 0 Å². The molecule has 1 aromatic heterocycles. The average molecular weight is 549 g/mol. The Morgan fingerprint density at radius 2 is 1.53 bits per heavy atom. The van der Waals surface area contributed by atoms with Gasteiger partial charge in [0, 0.05) is 34.8 Å². The quantitative estimate of drug-likeness (QED) is 0.256. The van der Waals surface area contributed by atoms with Crippen LogP contribution in [0.1, 0.15) is 0 Å². The van der Waals surface area contributed by atoms with E-state index >= 15 is 0 Å². The van der Waals surface area contributed by atoms with Crippen molar-refractivity contribution in [3.63, 3.8) is 0 Å². The molecule has 0 N–H and O–H groups in total. The number of halogens is 5. The number of rotatable bonds is 5. The highest BCUT2D eigenvalue weighted by Gasteiger charge is 2.25. The van der Waals surface area contributed by atoms with Crippen molar-refractivity contribution in [2.75, 3.05) is 31.2 Å². The Kier molecular flexibility index (Phi) is 7.25. The monoisotopic (exact) mass is 547 g/mol. The van der Waals surface area contributed by atoms with E-state index in [-0.39, 0.29) is 11.6 Å². The first-order valence-electron chi connectivity index (χ1n) is 11.0. The zero-order valence-corrected chi connectivity index (χ0v) is 20.9. The molecule has 0 bridgehead atoms. The number of anilines is 1. The second kappa shape index (κ2) is 10.6. The van der Waals surface area contributed by atoms with Gasteiger partial charge in [0.25, 0.3) is 0 Å². The van der Waals surface area contributed by atoms with Crippen molar-refractivity contribution in [2.45, 2.75) is 0 Å². The minimum atomic E-state index is -1.04. The SMILES string of the molecule is Fc1ccc(Oc2nc(N3CCOCC3)nc(-c3ccc(Cl)cc3Cl)c2-c2ccc(Cl)cc2)cc1F. The number of aromatic nitrogens is 2. The van der Waals surface area contributed by atoms with Crippen LogP contribution < -0.4 is 9.64 Å². The van der Waals surface area contributed by atoms with Crippen LogP contribution in [0.15, 0.2) is 60.7 Å². The molecule has 4 aromatic rings. The van der Waals surface area contributed by atoms with Crippen molar-refractivity contribution in [3.8, 4) is 34.0 Å². The Bertz CT molecular complexity index is 1410. The molecule has 1 aliphatic heterocycles. The van der Waals surface area contributed by atoms with E-state index in [1.807, 2.05) is 4.90 Å². The fourth-order valence-electron chi connectivity index (χ4n) is 3.81. The first-order chi connectivity index (χ1) is 17.4. The second-order valence-corrected chi connectivity index (χ2v) is 9.24. The minimum Gasteiger partial charge on any atom is -0.438 e. The zero-order valence-electron chi connectivity index (χ0n) is 18.6. The predicted octanol–water partition coefficient (Wildman–Crippen LogP) is 7.68. The summed E-state index contributed by atoms with van der Waals surface area (Å²) in [5.74, 6) is -1.42. The van der Waals surface area contributed by atoms with Crippen molar-refractivity contribution >= 4 is 40.8 Å². The maximum atomic E-state index is 14.0. The molecule has 36 heavy (non-hydrogen) atoms. The molecule has 0 spiro atoms. The second-order valence-electron chi connectivity index (χ2n) is 7.96. The number of morpholine rings is 1. The Morgan fingerprint density at radius 3 is 2.22 bits per heavy atom. The highest BCUT2D eigenvalue weighted by Crippen LogP contribution is 2.43. The topological polar surface area (TPSA) is 47.5 Å². The molecule has 0 unspecified atom stereocenters. The van der Waals surface area contributed by atoms with Gasteiger partial charge in [-0.3, -0.25) is 0 Å². The summed E-state index contributed by atoms with van der Waals surface area (Å²) in [5, 5.41) is 1.39. The lowest BCUT2D eigenvalue weighted by atomic mass is 10.00. The highest BCUT2D eigenvalue weighted by atomic mass is 35.5. The number of benzene rings is 3. The number of ether oxygens (including phenoxy) is 2. The van der Waals surface area contributed by atoms with Crippen LogP contribution in [-0.2, 0) is 4.74 Å². The van der Waals surface area contributed by atoms with E-state index in [0.717, 1.165) is 12.1 Å². The van der Waals surface area contributed by atoms with Gasteiger partial charge in [0.2, 0.25) is 11.8 Å². The largest absolute Gasteiger partial charge is 0.438 e. The third-order valence-corrected chi connectivity index (χ3v) is 6.38. The van der Waals surface area contributed by atoms with Gasteiger partial charge in [-0.1, -0.05) is 46.9 Å².